The van der Waals surface area contributed by atoms with Crippen molar-refractivity contribution in [1.82, 2.24) is 20.0 Å². The van der Waals surface area contributed by atoms with Crippen LogP contribution in [0.1, 0.15) is 5.69 Å². The first kappa shape index (κ1) is 14.8. The summed E-state index contributed by atoms with van der Waals surface area (Å²) in [7, 11) is 0. The molecule has 0 amide bonds. The molecule has 0 fully saturated rings. The predicted octanol–water partition coefficient (Wildman–Crippen LogP) is 3.85. The Kier molecular flexibility index (Phi) is 3.54. The van der Waals surface area contributed by atoms with Gasteiger partial charge in [-0.1, -0.05) is 46.3 Å². The van der Waals surface area contributed by atoms with Gasteiger partial charge in [-0.3, -0.25) is 4.79 Å². The highest BCUT2D eigenvalue weighted by Gasteiger charge is 2.19. The van der Waals surface area contributed by atoms with Gasteiger partial charge in [0, 0.05) is 10.0 Å². The van der Waals surface area contributed by atoms with Crippen LogP contribution in [-0.4, -0.2) is 20.0 Å². The summed E-state index contributed by atoms with van der Waals surface area (Å²) in [4.78, 5) is 12.4. The van der Waals surface area contributed by atoms with Gasteiger partial charge in [0.1, 0.15) is 5.52 Å². The number of nitrogens with zero attached hydrogens (tertiary/aromatic N) is 3. The highest BCUT2D eigenvalue weighted by Crippen LogP contribution is 2.30. The maximum atomic E-state index is 12.4. The van der Waals surface area contributed by atoms with E-state index in [0.29, 0.717) is 16.6 Å². The fraction of sp³-hybridized carbons (Fsp3) is 0.0556. The van der Waals surface area contributed by atoms with E-state index < -0.39 is 0 Å². The van der Waals surface area contributed by atoms with E-state index in [1.807, 2.05) is 61.5 Å². The van der Waals surface area contributed by atoms with E-state index in [4.69, 9.17) is 0 Å². The lowest BCUT2D eigenvalue weighted by Gasteiger charge is -2.08. The van der Waals surface area contributed by atoms with Gasteiger partial charge in [-0.15, -0.1) is 0 Å². The van der Waals surface area contributed by atoms with Gasteiger partial charge < -0.3 is 0 Å². The average Bonchev–Trinajstić information content (AvgIpc) is 3.01. The van der Waals surface area contributed by atoms with E-state index in [0.717, 1.165) is 21.4 Å². The summed E-state index contributed by atoms with van der Waals surface area (Å²) in [6.45, 7) is 1.84. The van der Waals surface area contributed by atoms with E-state index in [9.17, 15) is 4.79 Å². The molecule has 0 radical (unpaired) electrons. The summed E-state index contributed by atoms with van der Waals surface area (Å²) < 4.78 is 2.79. The van der Waals surface area contributed by atoms with Crippen LogP contribution >= 0.6 is 15.9 Å². The minimum atomic E-state index is -0.238. The van der Waals surface area contributed by atoms with Crippen molar-refractivity contribution in [1.29, 1.82) is 0 Å². The average molecular weight is 381 g/mol. The molecule has 0 bridgehead atoms. The number of aromatic amines is 1. The molecular formula is C18H13BrN4O. The monoisotopic (exact) mass is 380 g/mol. The van der Waals surface area contributed by atoms with Gasteiger partial charge in [0.05, 0.1) is 22.5 Å². The number of H-pyrrole nitrogens is 1. The molecule has 5 nitrogen and oxygen atoms in total. The largest absolute Gasteiger partial charge is 0.275 e. The van der Waals surface area contributed by atoms with E-state index in [1.54, 1.807) is 4.68 Å². The number of aryl methyl sites for hydroxylation is 1. The van der Waals surface area contributed by atoms with Crippen molar-refractivity contribution in [3.05, 3.63) is 75.1 Å². The molecule has 0 saturated carbocycles. The Labute approximate surface area is 146 Å². The van der Waals surface area contributed by atoms with Gasteiger partial charge >= 0.3 is 0 Å². The summed E-state index contributed by atoms with van der Waals surface area (Å²) in [5.74, 6) is 0. The number of benzene rings is 2. The van der Waals surface area contributed by atoms with Crippen LogP contribution in [0.15, 0.2) is 63.9 Å². The highest BCUT2D eigenvalue weighted by atomic mass is 79.9. The van der Waals surface area contributed by atoms with Gasteiger partial charge in [0.15, 0.2) is 0 Å². The van der Waals surface area contributed by atoms with Crippen LogP contribution in [0.4, 0.5) is 0 Å². The number of nitrogens with one attached hydrogen (secondary N) is 1. The second kappa shape index (κ2) is 5.72. The smallest absolute Gasteiger partial charge is 0.267 e. The molecular weight excluding hydrogens is 368 g/mol. The van der Waals surface area contributed by atoms with Crippen LogP contribution in [-0.2, 0) is 0 Å². The fourth-order valence-electron chi connectivity index (χ4n) is 2.76. The van der Waals surface area contributed by atoms with Crippen LogP contribution in [0.2, 0.25) is 0 Å². The topological polar surface area (TPSA) is 63.6 Å². The number of rotatable bonds is 2. The highest BCUT2D eigenvalue weighted by molar-refractivity contribution is 9.10. The number of hydrogen-bond acceptors (Lipinski definition) is 3. The molecule has 118 valence electrons. The van der Waals surface area contributed by atoms with Gasteiger partial charge in [-0.25, -0.2) is 9.78 Å². The lowest BCUT2D eigenvalue weighted by atomic mass is 10.1. The van der Waals surface area contributed by atoms with Gasteiger partial charge in [-0.2, -0.15) is 10.2 Å². The van der Waals surface area contributed by atoms with Crippen LogP contribution < -0.4 is 5.56 Å². The normalized spacial score (nSPS) is 11.1. The second-order valence-corrected chi connectivity index (χ2v) is 6.38. The molecule has 1 N–H and O–H groups in total. The molecule has 0 aliphatic rings. The molecule has 0 saturated heterocycles. The summed E-state index contributed by atoms with van der Waals surface area (Å²) in [5, 5.41) is 11.8. The molecule has 0 atom stereocenters. The first-order valence-corrected chi connectivity index (χ1v) is 8.24. The van der Waals surface area contributed by atoms with E-state index in [-0.39, 0.29) is 5.56 Å². The minimum Gasteiger partial charge on any atom is -0.267 e. The molecule has 2 heterocycles. The number of halogens is 1. The molecule has 24 heavy (non-hydrogen) atoms. The van der Waals surface area contributed by atoms with Crippen molar-refractivity contribution in [2.45, 2.75) is 6.92 Å². The van der Waals surface area contributed by atoms with Crippen LogP contribution in [0.25, 0.3) is 27.8 Å². The van der Waals surface area contributed by atoms with Crippen molar-refractivity contribution in [2.24, 2.45) is 0 Å². The van der Waals surface area contributed by atoms with E-state index in [1.165, 1.54) is 0 Å². The third-order valence-electron chi connectivity index (χ3n) is 3.90. The summed E-state index contributed by atoms with van der Waals surface area (Å²) in [5.41, 5.74) is 3.64. The standard InChI is InChI=1S/C18H13BrN4O/c1-11-16-15(18(24)21-20-11)17(12-5-3-2-4-6-12)23(22-16)14-9-7-13(19)8-10-14/h2-10H,1H3,(H,21,24). The number of hydrogen-bond donors (Lipinski definition) is 1. The molecule has 0 unspecified atom stereocenters. The maximum Gasteiger partial charge on any atom is 0.275 e. The van der Waals surface area contributed by atoms with Crippen molar-refractivity contribution < 1.29 is 0 Å². The zero-order chi connectivity index (χ0) is 16.7. The van der Waals surface area contributed by atoms with E-state index >= 15 is 0 Å². The third-order valence-corrected chi connectivity index (χ3v) is 4.43. The Morgan fingerprint density at radius 2 is 1.75 bits per heavy atom. The minimum absolute atomic E-state index is 0.238. The Balaban J connectivity index is 2.13. The lowest BCUT2D eigenvalue weighted by molar-refractivity contribution is 0.896. The van der Waals surface area contributed by atoms with Gasteiger partial charge in [-0.05, 0) is 31.2 Å². The molecule has 2 aromatic carbocycles. The van der Waals surface area contributed by atoms with Crippen LogP contribution in [0, 0.1) is 6.92 Å². The Bertz CT molecular complexity index is 1080. The summed E-state index contributed by atoms with van der Waals surface area (Å²) >= 11 is 3.44. The number of aromatic nitrogens is 4. The van der Waals surface area contributed by atoms with E-state index in [2.05, 4.69) is 31.2 Å². The molecule has 4 rings (SSSR count). The fourth-order valence-corrected chi connectivity index (χ4v) is 3.03. The molecule has 0 aliphatic carbocycles. The van der Waals surface area contributed by atoms with Crippen molar-refractivity contribution >= 4 is 26.8 Å². The zero-order valence-corrected chi connectivity index (χ0v) is 14.4. The molecule has 0 spiro atoms. The molecule has 6 heteroatoms. The SMILES string of the molecule is Cc1n[nH]c(=O)c2c(-c3ccccc3)n(-c3ccc(Br)cc3)nc12. The maximum absolute atomic E-state index is 12.4. The molecule has 0 aliphatic heterocycles. The van der Waals surface area contributed by atoms with Crippen LogP contribution in [0.5, 0.6) is 0 Å². The summed E-state index contributed by atoms with van der Waals surface area (Å²) in [6, 6.07) is 17.6. The first-order valence-electron chi connectivity index (χ1n) is 7.44. The zero-order valence-electron chi connectivity index (χ0n) is 12.8. The van der Waals surface area contributed by atoms with Gasteiger partial charge in [0.2, 0.25) is 0 Å². The van der Waals surface area contributed by atoms with Crippen molar-refractivity contribution in [3.8, 4) is 16.9 Å². The predicted molar refractivity (Wildman–Crippen MR) is 97.4 cm³/mol. The summed E-state index contributed by atoms with van der Waals surface area (Å²) in [6.07, 6.45) is 0. The van der Waals surface area contributed by atoms with Crippen molar-refractivity contribution in [2.75, 3.05) is 0 Å². The Morgan fingerprint density at radius 1 is 1.04 bits per heavy atom. The Hall–Kier alpha value is -2.73. The second-order valence-electron chi connectivity index (χ2n) is 5.46. The van der Waals surface area contributed by atoms with Crippen molar-refractivity contribution in [3.63, 3.8) is 0 Å². The first-order chi connectivity index (χ1) is 11.6. The number of fused-ring (bicyclic) bond motifs is 1. The van der Waals surface area contributed by atoms with Gasteiger partial charge in [0.25, 0.3) is 5.56 Å². The molecule has 4 aromatic rings. The third kappa shape index (κ3) is 2.35. The lowest BCUT2D eigenvalue weighted by Crippen LogP contribution is -2.09. The molecule has 2 aromatic heterocycles. The van der Waals surface area contributed by atoms with Crippen LogP contribution in [0.3, 0.4) is 0 Å². The Morgan fingerprint density at radius 3 is 2.46 bits per heavy atom. The quantitative estimate of drug-likeness (QED) is 0.574.